The van der Waals surface area contributed by atoms with Gasteiger partial charge in [-0.15, -0.1) is 0 Å². The van der Waals surface area contributed by atoms with E-state index in [9.17, 15) is 9.59 Å². The van der Waals surface area contributed by atoms with Gasteiger partial charge in [0.1, 0.15) is 5.54 Å². The first-order valence-electron chi connectivity index (χ1n) is 6.90. The molecule has 0 atom stereocenters. The molecule has 1 aliphatic carbocycles. The zero-order chi connectivity index (χ0) is 13.7. The third-order valence-corrected chi connectivity index (χ3v) is 3.98. The Morgan fingerprint density at radius 3 is 2.58 bits per heavy atom. The van der Waals surface area contributed by atoms with E-state index >= 15 is 0 Å². The van der Waals surface area contributed by atoms with Gasteiger partial charge < -0.3 is 14.4 Å². The van der Waals surface area contributed by atoms with Gasteiger partial charge in [-0.1, -0.05) is 19.3 Å². The van der Waals surface area contributed by atoms with Crippen molar-refractivity contribution in [1.82, 2.24) is 10.2 Å². The summed E-state index contributed by atoms with van der Waals surface area (Å²) in [5.41, 5.74) is -0.611. The van der Waals surface area contributed by atoms with Gasteiger partial charge in [0.05, 0.1) is 19.8 Å². The summed E-state index contributed by atoms with van der Waals surface area (Å²) in [7, 11) is 1.62. The highest BCUT2D eigenvalue weighted by Gasteiger charge is 2.52. The molecular formula is C13H22N2O4. The lowest BCUT2D eigenvalue weighted by atomic mass is 9.80. The van der Waals surface area contributed by atoms with Crippen LogP contribution in [0.5, 0.6) is 0 Å². The number of ether oxygens (including phenoxy) is 2. The third kappa shape index (κ3) is 2.90. The van der Waals surface area contributed by atoms with Crippen LogP contribution in [-0.2, 0) is 14.3 Å². The molecule has 2 fully saturated rings. The van der Waals surface area contributed by atoms with Crippen LogP contribution in [0.4, 0.5) is 4.79 Å². The van der Waals surface area contributed by atoms with Gasteiger partial charge in [0.15, 0.2) is 0 Å². The third-order valence-electron chi connectivity index (χ3n) is 3.98. The van der Waals surface area contributed by atoms with Crippen molar-refractivity contribution in [2.75, 3.05) is 33.5 Å². The van der Waals surface area contributed by atoms with E-state index in [1.54, 1.807) is 12.0 Å². The molecule has 6 heteroatoms. The maximum atomic E-state index is 12.1. The van der Waals surface area contributed by atoms with Crippen molar-refractivity contribution in [2.24, 2.45) is 0 Å². The highest BCUT2D eigenvalue weighted by molar-refractivity contribution is 6.07. The summed E-state index contributed by atoms with van der Waals surface area (Å²) >= 11 is 0. The van der Waals surface area contributed by atoms with E-state index in [0.29, 0.717) is 26.4 Å². The number of nitrogens with one attached hydrogen (secondary N) is 1. The number of methoxy groups -OCH3 is 1. The number of rotatable bonds is 6. The number of hydrogen-bond acceptors (Lipinski definition) is 4. The van der Waals surface area contributed by atoms with Gasteiger partial charge >= 0.3 is 6.03 Å². The van der Waals surface area contributed by atoms with Crippen LogP contribution >= 0.6 is 0 Å². The smallest absolute Gasteiger partial charge is 0.325 e. The molecule has 1 aliphatic heterocycles. The molecule has 0 unspecified atom stereocenters. The summed E-state index contributed by atoms with van der Waals surface area (Å²) in [6.07, 6.45) is 4.68. The molecule has 19 heavy (non-hydrogen) atoms. The first-order valence-corrected chi connectivity index (χ1v) is 6.90. The molecule has 2 aliphatic rings. The van der Waals surface area contributed by atoms with E-state index in [4.69, 9.17) is 9.47 Å². The Labute approximate surface area is 113 Å². The van der Waals surface area contributed by atoms with Gasteiger partial charge in [0, 0.05) is 13.7 Å². The van der Waals surface area contributed by atoms with Crippen LogP contribution in [0.3, 0.4) is 0 Å². The zero-order valence-corrected chi connectivity index (χ0v) is 11.4. The predicted octanol–water partition coefficient (Wildman–Crippen LogP) is 0.904. The molecule has 1 N–H and O–H groups in total. The number of nitrogens with zero attached hydrogens (tertiary/aromatic N) is 1. The van der Waals surface area contributed by atoms with E-state index in [2.05, 4.69) is 5.32 Å². The fourth-order valence-corrected chi connectivity index (χ4v) is 2.95. The molecular weight excluding hydrogens is 248 g/mol. The summed E-state index contributed by atoms with van der Waals surface area (Å²) in [5.74, 6) is -0.130. The number of urea groups is 1. The molecule has 1 saturated carbocycles. The topological polar surface area (TPSA) is 67.9 Å². The largest absolute Gasteiger partial charge is 0.382 e. The van der Waals surface area contributed by atoms with Gasteiger partial charge in [-0.2, -0.15) is 0 Å². The molecule has 108 valence electrons. The monoisotopic (exact) mass is 270 g/mol. The summed E-state index contributed by atoms with van der Waals surface area (Å²) < 4.78 is 10.3. The van der Waals surface area contributed by atoms with Crippen LogP contribution in [0.15, 0.2) is 0 Å². The molecule has 0 aromatic rings. The second-order valence-electron chi connectivity index (χ2n) is 5.11. The molecule has 1 spiro atoms. The molecule has 0 aromatic carbocycles. The second-order valence-corrected chi connectivity index (χ2v) is 5.11. The van der Waals surface area contributed by atoms with E-state index in [1.807, 2.05) is 0 Å². The predicted molar refractivity (Wildman–Crippen MR) is 68.8 cm³/mol. The normalized spacial score (nSPS) is 22.1. The molecule has 0 aromatic heterocycles. The standard InChI is InChI=1S/C13H22N2O4/c1-18-9-10-19-8-7-15-12(17)14-11(16)13(15)5-3-2-4-6-13/h2-10H2,1H3,(H,14,16,17). The highest BCUT2D eigenvalue weighted by atomic mass is 16.5. The molecule has 2 rings (SSSR count). The maximum Gasteiger partial charge on any atom is 0.325 e. The lowest BCUT2D eigenvalue weighted by Gasteiger charge is -2.38. The minimum atomic E-state index is -0.611. The van der Waals surface area contributed by atoms with E-state index < -0.39 is 5.54 Å². The van der Waals surface area contributed by atoms with Crippen molar-refractivity contribution in [3.8, 4) is 0 Å². The summed E-state index contributed by atoms with van der Waals surface area (Å²) in [5, 5.41) is 2.45. The Balaban J connectivity index is 1.92. The van der Waals surface area contributed by atoms with Crippen molar-refractivity contribution >= 4 is 11.9 Å². The Morgan fingerprint density at radius 2 is 1.89 bits per heavy atom. The van der Waals surface area contributed by atoms with Crippen molar-refractivity contribution in [3.05, 3.63) is 0 Å². The summed E-state index contributed by atoms with van der Waals surface area (Å²) in [6, 6.07) is -0.276. The van der Waals surface area contributed by atoms with Gasteiger partial charge in [-0.05, 0) is 12.8 Å². The second kappa shape index (κ2) is 6.34. The van der Waals surface area contributed by atoms with E-state index in [-0.39, 0.29) is 11.9 Å². The Hall–Kier alpha value is -1.14. The van der Waals surface area contributed by atoms with Crippen LogP contribution < -0.4 is 5.32 Å². The van der Waals surface area contributed by atoms with Gasteiger partial charge in [-0.3, -0.25) is 10.1 Å². The maximum absolute atomic E-state index is 12.1. The molecule has 6 nitrogen and oxygen atoms in total. The van der Waals surface area contributed by atoms with Gasteiger partial charge in [0.25, 0.3) is 5.91 Å². The average molecular weight is 270 g/mol. The summed E-state index contributed by atoms with van der Waals surface area (Å²) in [6.45, 7) is 1.94. The molecule has 1 heterocycles. The summed E-state index contributed by atoms with van der Waals surface area (Å²) in [4.78, 5) is 25.6. The number of amides is 3. The fourth-order valence-electron chi connectivity index (χ4n) is 2.95. The van der Waals surface area contributed by atoms with Crippen molar-refractivity contribution < 1.29 is 19.1 Å². The highest BCUT2D eigenvalue weighted by Crippen LogP contribution is 2.36. The van der Waals surface area contributed by atoms with Crippen LogP contribution in [0.1, 0.15) is 32.1 Å². The van der Waals surface area contributed by atoms with Gasteiger partial charge in [0.2, 0.25) is 0 Å². The molecule has 3 amide bonds. The average Bonchev–Trinajstić information content (AvgIpc) is 2.63. The minimum absolute atomic E-state index is 0.130. The van der Waals surface area contributed by atoms with Crippen LogP contribution in [0.2, 0.25) is 0 Å². The van der Waals surface area contributed by atoms with Crippen LogP contribution in [0.25, 0.3) is 0 Å². The van der Waals surface area contributed by atoms with Crippen molar-refractivity contribution in [1.29, 1.82) is 0 Å². The van der Waals surface area contributed by atoms with Crippen molar-refractivity contribution in [3.63, 3.8) is 0 Å². The Kier molecular flexibility index (Phi) is 4.76. The quantitative estimate of drug-likeness (QED) is 0.575. The molecule has 0 radical (unpaired) electrons. The first kappa shape index (κ1) is 14.3. The SMILES string of the molecule is COCCOCCN1C(=O)NC(=O)C12CCCCC2. The fraction of sp³-hybridized carbons (Fsp3) is 0.846. The Bertz CT molecular complexity index is 340. The van der Waals surface area contributed by atoms with Gasteiger partial charge in [-0.25, -0.2) is 4.79 Å². The first-order chi connectivity index (χ1) is 9.20. The molecule has 0 bridgehead atoms. The number of carbonyl (C=O) groups is 2. The van der Waals surface area contributed by atoms with Crippen molar-refractivity contribution in [2.45, 2.75) is 37.6 Å². The Morgan fingerprint density at radius 1 is 1.16 bits per heavy atom. The van der Waals surface area contributed by atoms with E-state index in [1.165, 1.54) is 0 Å². The van der Waals surface area contributed by atoms with Crippen LogP contribution in [0, 0.1) is 0 Å². The van der Waals surface area contributed by atoms with Crippen LogP contribution in [-0.4, -0.2) is 55.9 Å². The van der Waals surface area contributed by atoms with E-state index in [0.717, 1.165) is 32.1 Å². The molecule has 1 saturated heterocycles. The number of imide groups is 1. The minimum Gasteiger partial charge on any atom is -0.382 e. The lowest BCUT2D eigenvalue weighted by Crippen LogP contribution is -2.52. The zero-order valence-electron chi connectivity index (χ0n) is 11.4. The lowest BCUT2D eigenvalue weighted by molar-refractivity contribution is -0.128. The number of carbonyl (C=O) groups excluding carboxylic acids is 2. The number of hydrogen-bond donors (Lipinski definition) is 1.